The van der Waals surface area contributed by atoms with E-state index in [2.05, 4.69) is 6.92 Å². The molecule has 2 aliphatic rings. The third kappa shape index (κ3) is 7.38. The second-order valence-electron chi connectivity index (χ2n) is 7.57. The summed E-state index contributed by atoms with van der Waals surface area (Å²) in [5, 5.41) is 0. The number of ether oxygens (including phenoxy) is 1. The van der Waals surface area contributed by atoms with Crippen LogP contribution in [0.2, 0.25) is 0 Å². The first-order valence-corrected chi connectivity index (χ1v) is 10.7. The van der Waals surface area contributed by atoms with Gasteiger partial charge >= 0.3 is 5.97 Å². The Labute approximate surface area is 156 Å². The van der Waals surface area contributed by atoms with Crippen molar-refractivity contribution in [3.05, 3.63) is 24.0 Å². The molecule has 0 aromatic carbocycles. The van der Waals surface area contributed by atoms with Crippen LogP contribution in [0.5, 0.6) is 0 Å². The lowest BCUT2D eigenvalue weighted by Gasteiger charge is -2.36. The van der Waals surface area contributed by atoms with Gasteiger partial charge < -0.3 is 4.74 Å². The Morgan fingerprint density at radius 3 is 1.96 bits per heavy atom. The molecule has 0 aromatic rings. The first-order valence-electron chi connectivity index (χ1n) is 10.7. The van der Waals surface area contributed by atoms with E-state index < -0.39 is 0 Å². The normalized spacial score (nSPS) is 30.5. The summed E-state index contributed by atoms with van der Waals surface area (Å²) in [5.74, 6) is 3.61. The van der Waals surface area contributed by atoms with Crippen LogP contribution in [0.1, 0.15) is 92.4 Å². The molecule has 0 amide bonds. The highest BCUT2D eigenvalue weighted by atomic mass is 16.5. The molecular formula is C23H40O2. The van der Waals surface area contributed by atoms with Gasteiger partial charge in [0.05, 0.1) is 5.92 Å². The van der Waals surface area contributed by atoms with Gasteiger partial charge in [0.25, 0.3) is 0 Å². The molecule has 2 saturated carbocycles. The maximum Gasteiger partial charge on any atom is 0.314 e. The van der Waals surface area contributed by atoms with Crippen molar-refractivity contribution in [2.75, 3.05) is 0 Å². The number of allylic oxidation sites excluding steroid dienone is 4. The van der Waals surface area contributed by atoms with Crippen LogP contribution >= 0.6 is 0 Å². The lowest BCUT2D eigenvalue weighted by molar-refractivity contribution is -0.146. The Morgan fingerprint density at radius 2 is 1.48 bits per heavy atom. The minimum Gasteiger partial charge on any atom is -0.431 e. The van der Waals surface area contributed by atoms with Crippen LogP contribution in [0, 0.1) is 23.7 Å². The summed E-state index contributed by atoms with van der Waals surface area (Å²) in [6.07, 6.45) is 16.7. The van der Waals surface area contributed by atoms with Crippen LogP contribution in [0.15, 0.2) is 24.0 Å². The molecule has 2 rings (SSSR count). The van der Waals surface area contributed by atoms with Crippen molar-refractivity contribution in [1.29, 1.82) is 0 Å². The first kappa shape index (κ1) is 22.0. The zero-order valence-corrected chi connectivity index (χ0v) is 17.2. The van der Waals surface area contributed by atoms with E-state index in [1.54, 1.807) is 0 Å². The maximum atomic E-state index is 12.4. The fraction of sp³-hybridized carbons (Fsp3) is 0.783. The monoisotopic (exact) mass is 348 g/mol. The van der Waals surface area contributed by atoms with Crippen LogP contribution in [0.3, 0.4) is 0 Å². The average Bonchev–Trinajstić information content (AvgIpc) is 2.67. The summed E-state index contributed by atoms with van der Waals surface area (Å²) < 4.78 is 5.61. The zero-order valence-electron chi connectivity index (χ0n) is 17.2. The maximum absolute atomic E-state index is 12.4. The summed E-state index contributed by atoms with van der Waals surface area (Å²) in [5.41, 5.74) is 0. The second-order valence-corrected chi connectivity index (χ2v) is 7.57. The van der Waals surface area contributed by atoms with E-state index in [1.165, 1.54) is 38.5 Å². The molecule has 0 saturated heterocycles. The van der Waals surface area contributed by atoms with Gasteiger partial charge in [-0.1, -0.05) is 52.7 Å². The molecule has 144 valence electrons. The van der Waals surface area contributed by atoms with Crippen molar-refractivity contribution in [1.82, 2.24) is 0 Å². The standard InChI is InChI=1S/C21H34O2.C2H6/c1-4-6-7-20(5-2)23-21(22)19-14-12-18(13-15-19)17-10-8-16(3)9-11-17;1-2/h4,6-7,16-19H,5,8-15H2,1-3H3;1-2H3/b6-4-,20-7+;. The van der Waals surface area contributed by atoms with Crippen LogP contribution < -0.4 is 0 Å². The number of hydrogen-bond acceptors (Lipinski definition) is 2. The van der Waals surface area contributed by atoms with Crippen molar-refractivity contribution >= 4 is 5.97 Å². The van der Waals surface area contributed by atoms with Gasteiger partial charge in [-0.05, 0) is 69.3 Å². The molecule has 0 aliphatic heterocycles. The second kappa shape index (κ2) is 12.3. The van der Waals surface area contributed by atoms with Crippen molar-refractivity contribution in [3.8, 4) is 0 Å². The molecule has 0 N–H and O–H groups in total. The molecule has 0 radical (unpaired) electrons. The Balaban J connectivity index is 0.00000151. The predicted octanol–water partition coefficient (Wildman–Crippen LogP) is 7.06. The number of hydrogen-bond donors (Lipinski definition) is 0. The molecular weight excluding hydrogens is 308 g/mol. The van der Waals surface area contributed by atoms with Crippen molar-refractivity contribution < 1.29 is 9.53 Å². The summed E-state index contributed by atoms with van der Waals surface area (Å²) in [6.45, 7) is 10.4. The van der Waals surface area contributed by atoms with Gasteiger partial charge in [0.2, 0.25) is 0 Å². The molecule has 0 atom stereocenters. The topological polar surface area (TPSA) is 26.3 Å². The Bertz CT molecular complexity index is 419. The van der Waals surface area contributed by atoms with Crippen LogP contribution in [-0.2, 0) is 9.53 Å². The third-order valence-corrected chi connectivity index (χ3v) is 5.89. The highest BCUT2D eigenvalue weighted by Crippen LogP contribution is 2.41. The molecule has 2 fully saturated rings. The molecule has 0 heterocycles. The van der Waals surface area contributed by atoms with Gasteiger partial charge in [-0.25, -0.2) is 0 Å². The highest BCUT2D eigenvalue weighted by Gasteiger charge is 2.33. The summed E-state index contributed by atoms with van der Waals surface area (Å²) in [7, 11) is 0. The first-order chi connectivity index (χ1) is 12.1. The summed E-state index contributed by atoms with van der Waals surface area (Å²) >= 11 is 0. The van der Waals surface area contributed by atoms with Gasteiger partial charge in [-0.3, -0.25) is 4.79 Å². The summed E-state index contributed by atoms with van der Waals surface area (Å²) in [4.78, 5) is 12.4. The smallest absolute Gasteiger partial charge is 0.314 e. The van der Waals surface area contributed by atoms with E-state index in [0.29, 0.717) is 0 Å². The zero-order chi connectivity index (χ0) is 18.7. The number of rotatable bonds is 5. The molecule has 25 heavy (non-hydrogen) atoms. The highest BCUT2D eigenvalue weighted by molar-refractivity contribution is 5.73. The van der Waals surface area contributed by atoms with Crippen LogP contribution in [-0.4, -0.2) is 5.97 Å². The Morgan fingerprint density at radius 1 is 0.960 bits per heavy atom. The molecule has 2 nitrogen and oxygen atoms in total. The molecule has 0 bridgehead atoms. The molecule has 0 aromatic heterocycles. The summed E-state index contributed by atoms with van der Waals surface area (Å²) in [6, 6.07) is 0. The van der Waals surface area contributed by atoms with E-state index in [0.717, 1.165) is 42.8 Å². The molecule has 0 unspecified atom stereocenters. The molecule has 0 spiro atoms. The number of carbonyl (C=O) groups excluding carboxylic acids is 1. The van der Waals surface area contributed by atoms with Crippen molar-refractivity contribution in [2.45, 2.75) is 92.4 Å². The minimum atomic E-state index is -0.00156. The average molecular weight is 349 g/mol. The van der Waals surface area contributed by atoms with Gasteiger partial charge in [0, 0.05) is 6.42 Å². The molecule has 2 aliphatic carbocycles. The quantitative estimate of drug-likeness (QED) is 0.302. The number of esters is 1. The van der Waals surface area contributed by atoms with E-state index in [9.17, 15) is 4.79 Å². The lowest BCUT2D eigenvalue weighted by Crippen LogP contribution is -2.28. The van der Waals surface area contributed by atoms with E-state index in [1.807, 2.05) is 45.9 Å². The van der Waals surface area contributed by atoms with Crippen LogP contribution in [0.25, 0.3) is 0 Å². The van der Waals surface area contributed by atoms with Gasteiger partial charge in [0.1, 0.15) is 5.76 Å². The van der Waals surface area contributed by atoms with E-state index in [4.69, 9.17) is 4.74 Å². The Hall–Kier alpha value is -1.05. The molecule has 2 heteroatoms. The number of carbonyl (C=O) groups is 1. The van der Waals surface area contributed by atoms with E-state index >= 15 is 0 Å². The fourth-order valence-corrected chi connectivity index (χ4v) is 4.22. The van der Waals surface area contributed by atoms with Gasteiger partial charge in [0.15, 0.2) is 0 Å². The van der Waals surface area contributed by atoms with E-state index in [-0.39, 0.29) is 11.9 Å². The van der Waals surface area contributed by atoms with Crippen LogP contribution in [0.4, 0.5) is 0 Å². The SMILES string of the molecule is C/C=C\C=C(/CC)OC(=O)C1CCC(C2CCC(C)CC2)CC1.CC. The largest absolute Gasteiger partial charge is 0.431 e. The van der Waals surface area contributed by atoms with Gasteiger partial charge in [-0.2, -0.15) is 0 Å². The predicted molar refractivity (Wildman–Crippen MR) is 107 cm³/mol. The van der Waals surface area contributed by atoms with Crippen molar-refractivity contribution in [2.24, 2.45) is 23.7 Å². The Kier molecular flexibility index (Phi) is 10.8. The lowest BCUT2D eigenvalue weighted by atomic mass is 9.69. The third-order valence-electron chi connectivity index (χ3n) is 5.89. The van der Waals surface area contributed by atoms with Gasteiger partial charge in [-0.15, -0.1) is 0 Å². The van der Waals surface area contributed by atoms with Crippen molar-refractivity contribution in [3.63, 3.8) is 0 Å². The fourth-order valence-electron chi connectivity index (χ4n) is 4.22. The minimum absolute atomic E-state index is 0.00156.